The standard InChI is InChI=1S/C35H45N3O3/c1-27(2)24-36-19-10-20-38(34(39)23-29-11-6-5-7-12-29)33-14-9-8-13-31(33)25-37(22-21-36)35(40)30-15-17-32(18-16-30)41-26-28(3)4/h5-9,11-18,27-28H,10,19-26H2,1-4H3. The third-order valence-corrected chi connectivity index (χ3v) is 7.28. The number of benzene rings is 3. The molecule has 0 saturated heterocycles. The minimum atomic E-state index is -0.0129. The van der Waals surface area contributed by atoms with E-state index in [1.807, 2.05) is 88.7 Å². The van der Waals surface area contributed by atoms with Crippen molar-refractivity contribution in [3.63, 3.8) is 0 Å². The molecule has 218 valence electrons. The van der Waals surface area contributed by atoms with E-state index in [0.717, 1.165) is 48.6 Å². The van der Waals surface area contributed by atoms with Crippen molar-refractivity contribution in [1.29, 1.82) is 0 Å². The van der Waals surface area contributed by atoms with Gasteiger partial charge in [-0.25, -0.2) is 0 Å². The number of carbonyl (C=O) groups excluding carboxylic acids is 2. The lowest BCUT2D eigenvalue weighted by Gasteiger charge is -2.29. The summed E-state index contributed by atoms with van der Waals surface area (Å²) < 4.78 is 5.83. The highest BCUT2D eigenvalue weighted by Crippen LogP contribution is 2.26. The molecule has 0 N–H and O–H groups in total. The number of rotatable bonds is 8. The molecule has 0 spiro atoms. The van der Waals surface area contributed by atoms with Crippen LogP contribution in [0.4, 0.5) is 5.69 Å². The second-order valence-corrected chi connectivity index (χ2v) is 11.8. The maximum absolute atomic E-state index is 13.9. The van der Waals surface area contributed by atoms with Gasteiger partial charge in [-0.3, -0.25) is 9.59 Å². The van der Waals surface area contributed by atoms with Crippen LogP contribution in [0.2, 0.25) is 0 Å². The van der Waals surface area contributed by atoms with Crippen molar-refractivity contribution in [2.75, 3.05) is 44.2 Å². The van der Waals surface area contributed by atoms with E-state index in [0.29, 0.717) is 50.1 Å². The van der Waals surface area contributed by atoms with Crippen molar-refractivity contribution >= 4 is 17.5 Å². The third kappa shape index (κ3) is 8.92. The normalized spacial score (nSPS) is 15.0. The molecule has 0 unspecified atom stereocenters. The Kier molecular flexibility index (Phi) is 11.0. The molecule has 41 heavy (non-hydrogen) atoms. The summed E-state index contributed by atoms with van der Waals surface area (Å²) in [6.07, 6.45) is 1.21. The maximum atomic E-state index is 13.9. The van der Waals surface area contributed by atoms with Crippen LogP contribution in [0, 0.1) is 11.8 Å². The fourth-order valence-corrected chi connectivity index (χ4v) is 5.28. The van der Waals surface area contributed by atoms with Gasteiger partial charge in [-0.1, -0.05) is 76.2 Å². The molecule has 1 heterocycles. The van der Waals surface area contributed by atoms with Crippen LogP contribution in [0.25, 0.3) is 0 Å². The number of anilines is 1. The summed E-state index contributed by atoms with van der Waals surface area (Å²) in [5.41, 5.74) is 3.52. The minimum absolute atomic E-state index is 0.0129. The van der Waals surface area contributed by atoms with Gasteiger partial charge in [0.25, 0.3) is 5.91 Å². The highest BCUT2D eigenvalue weighted by Gasteiger charge is 2.24. The molecular weight excluding hydrogens is 510 g/mol. The lowest BCUT2D eigenvalue weighted by Crippen LogP contribution is -2.40. The molecule has 0 atom stereocenters. The molecule has 2 amide bonds. The molecule has 0 bridgehead atoms. The number of amides is 2. The first-order valence-corrected chi connectivity index (χ1v) is 15.0. The minimum Gasteiger partial charge on any atom is -0.493 e. The molecule has 1 aliphatic rings. The fourth-order valence-electron chi connectivity index (χ4n) is 5.28. The molecule has 3 aromatic carbocycles. The number of fused-ring (bicyclic) bond motifs is 1. The number of para-hydroxylation sites is 1. The molecule has 0 radical (unpaired) electrons. The van der Waals surface area contributed by atoms with Crippen LogP contribution in [0.1, 0.15) is 55.6 Å². The van der Waals surface area contributed by atoms with Crippen LogP contribution in [0.5, 0.6) is 5.75 Å². The van der Waals surface area contributed by atoms with Gasteiger partial charge in [0, 0.05) is 44.0 Å². The van der Waals surface area contributed by atoms with Crippen LogP contribution < -0.4 is 9.64 Å². The van der Waals surface area contributed by atoms with E-state index < -0.39 is 0 Å². The number of hydrogen-bond donors (Lipinski definition) is 0. The predicted molar refractivity (Wildman–Crippen MR) is 166 cm³/mol. The van der Waals surface area contributed by atoms with E-state index >= 15 is 0 Å². The van der Waals surface area contributed by atoms with Crippen LogP contribution in [0.15, 0.2) is 78.9 Å². The Morgan fingerprint density at radius 2 is 1.49 bits per heavy atom. The number of nitrogens with zero attached hydrogens (tertiary/aromatic N) is 3. The Balaban J connectivity index is 1.62. The Morgan fingerprint density at radius 1 is 0.780 bits per heavy atom. The van der Waals surface area contributed by atoms with Crippen LogP contribution in [-0.2, 0) is 17.8 Å². The molecule has 0 saturated carbocycles. The van der Waals surface area contributed by atoms with Crippen LogP contribution in [-0.4, -0.2) is 60.9 Å². The quantitative estimate of drug-likeness (QED) is 0.327. The maximum Gasteiger partial charge on any atom is 0.254 e. The fraction of sp³-hybridized carbons (Fsp3) is 0.429. The van der Waals surface area contributed by atoms with E-state index in [4.69, 9.17) is 4.74 Å². The Bertz CT molecular complexity index is 1260. The van der Waals surface area contributed by atoms with Crippen LogP contribution in [0.3, 0.4) is 0 Å². The molecule has 1 aliphatic heterocycles. The van der Waals surface area contributed by atoms with Crippen molar-refractivity contribution in [3.8, 4) is 5.75 Å². The van der Waals surface area contributed by atoms with Crippen molar-refractivity contribution in [3.05, 3.63) is 95.6 Å². The zero-order valence-corrected chi connectivity index (χ0v) is 25.1. The Morgan fingerprint density at radius 3 is 2.20 bits per heavy atom. The van der Waals surface area contributed by atoms with Crippen LogP contribution >= 0.6 is 0 Å². The summed E-state index contributed by atoms with van der Waals surface area (Å²) in [7, 11) is 0. The summed E-state index contributed by atoms with van der Waals surface area (Å²) in [4.78, 5) is 33.9. The van der Waals surface area contributed by atoms with Crippen molar-refractivity contribution < 1.29 is 14.3 Å². The van der Waals surface area contributed by atoms with E-state index in [9.17, 15) is 9.59 Å². The summed E-state index contributed by atoms with van der Waals surface area (Å²) >= 11 is 0. The summed E-state index contributed by atoms with van der Waals surface area (Å²) in [6.45, 7) is 13.6. The highest BCUT2D eigenvalue weighted by atomic mass is 16.5. The molecular formula is C35H45N3O3. The van der Waals surface area contributed by atoms with E-state index in [1.54, 1.807) is 0 Å². The summed E-state index contributed by atoms with van der Waals surface area (Å²) in [6, 6.07) is 25.4. The molecule has 0 aromatic heterocycles. The Labute approximate surface area is 245 Å². The van der Waals surface area contributed by atoms with E-state index in [2.05, 4.69) is 32.6 Å². The molecule has 3 aromatic rings. The second-order valence-electron chi connectivity index (χ2n) is 11.8. The third-order valence-electron chi connectivity index (χ3n) is 7.28. The van der Waals surface area contributed by atoms with Gasteiger partial charge >= 0.3 is 0 Å². The predicted octanol–water partition coefficient (Wildman–Crippen LogP) is 6.30. The first kappa shape index (κ1) is 30.3. The zero-order valence-electron chi connectivity index (χ0n) is 25.1. The topological polar surface area (TPSA) is 53.1 Å². The number of carbonyl (C=O) groups is 2. The van der Waals surface area contributed by atoms with Gasteiger partial charge in [0.1, 0.15) is 5.75 Å². The van der Waals surface area contributed by atoms with Gasteiger partial charge < -0.3 is 19.4 Å². The van der Waals surface area contributed by atoms with Gasteiger partial charge in [0.05, 0.1) is 13.0 Å². The average molecular weight is 556 g/mol. The average Bonchev–Trinajstić information content (AvgIpc) is 2.99. The number of ether oxygens (including phenoxy) is 1. The molecule has 4 rings (SSSR count). The van der Waals surface area contributed by atoms with E-state index in [-0.39, 0.29) is 11.8 Å². The second kappa shape index (κ2) is 14.8. The van der Waals surface area contributed by atoms with Gasteiger partial charge in [-0.05, 0) is 66.3 Å². The smallest absolute Gasteiger partial charge is 0.254 e. The SMILES string of the molecule is CC(C)COc1ccc(C(=O)N2CCN(CC(C)C)CCCN(C(=O)Cc3ccccc3)c3ccccc3C2)cc1. The first-order chi connectivity index (χ1) is 19.8. The lowest BCUT2D eigenvalue weighted by atomic mass is 10.1. The summed E-state index contributed by atoms with van der Waals surface area (Å²) in [5.74, 6) is 1.78. The molecule has 0 fully saturated rings. The summed E-state index contributed by atoms with van der Waals surface area (Å²) in [5, 5.41) is 0. The zero-order chi connectivity index (χ0) is 29.2. The molecule has 0 aliphatic carbocycles. The van der Waals surface area contributed by atoms with E-state index in [1.165, 1.54) is 0 Å². The largest absolute Gasteiger partial charge is 0.493 e. The van der Waals surface area contributed by atoms with Gasteiger partial charge in [0.15, 0.2) is 0 Å². The Hall–Kier alpha value is -3.64. The van der Waals surface area contributed by atoms with Crippen molar-refractivity contribution in [1.82, 2.24) is 9.80 Å². The van der Waals surface area contributed by atoms with Gasteiger partial charge in [-0.2, -0.15) is 0 Å². The number of hydrogen-bond acceptors (Lipinski definition) is 4. The lowest BCUT2D eigenvalue weighted by molar-refractivity contribution is -0.118. The van der Waals surface area contributed by atoms with Gasteiger partial charge in [0.2, 0.25) is 5.91 Å². The van der Waals surface area contributed by atoms with Crippen molar-refractivity contribution in [2.45, 2.75) is 47.1 Å². The highest BCUT2D eigenvalue weighted by molar-refractivity contribution is 5.96. The van der Waals surface area contributed by atoms with Gasteiger partial charge in [-0.15, -0.1) is 0 Å². The van der Waals surface area contributed by atoms with Crippen molar-refractivity contribution in [2.24, 2.45) is 11.8 Å². The first-order valence-electron chi connectivity index (χ1n) is 15.0. The monoisotopic (exact) mass is 555 g/mol. The molecule has 6 nitrogen and oxygen atoms in total. The molecule has 6 heteroatoms.